The topological polar surface area (TPSA) is 63.7 Å². The molecule has 15 heavy (non-hydrogen) atoms. The molecule has 0 aliphatic carbocycles. The molecule has 0 aromatic heterocycles. The Labute approximate surface area is 98.0 Å². The molecule has 0 spiro atoms. The maximum atomic E-state index is 11.6. The van der Waals surface area contributed by atoms with Crippen LogP contribution in [0.3, 0.4) is 0 Å². The molecule has 1 unspecified atom stereocenters. The van der Waals surface area contributed by atoms with Gasteiger partial charge in [-0.05, 0) is 19.8 Å². The summed E-state index contributed by atoms with van der Waals surface area (Å²) in [5.74, 6) is -0.445. The third-order valence-corrected chi connectivity index (χ3v) is 5.42. The molecule has 0 amide bonds. The number of ether oxygens (including phenoxy) is 1. The molecule has 0 aromatic rings. The molecule has 1 heterocycles. The molecular formula is C8H14BrNO4S. The van der Waals surface area contributed by atoms with Gasteiger partial charge in [-0.1, -0.05) is 15.9 Å². The lowest BCUT2D eigenvalue weighted by atomic mass is 10.2. The van der Waals surface area contributed by atoms with Crippen LogP contribution in [0.2, 0.25) is 0 Å². The number of hydrogen-bond donors (Lipinski definition) is 0. The van der Waals surface area contributed by atoms with Crippen LogP contribution in [-0.2, 0) is 19.6 Å². The predicted octanol–water partition coefficient (Wildman–Crippen LogP) is 0.696. The van der Waals surface area contributed by atoms with Crippen LogP contribution < -0.4 is 0 Å². The van der Waals surface area contributed by atoms with Crippen LogP contribution in [-0.4, -0.2) is 42.5 Å². The van der Waals surface area contributed by atoms with Gasteiger partial charge >= 0.3 is 5.97 Å². The molecule has 0 saturated carbocycles. The molecule has 0 aromatic carbocycles. The first-order chi connectivity index (χ1) is 7.03. The minimum absolute atomic E-state index is 0.157. The smallest absolute Gasteiger partial charge is 0.324 e. The Morgan fingerprint density at radius 1 is 1.60 bits per heavy atom. The first-order valence-electron chi connectivity index (χ1n) is 4.75. The summed E-state index contributed by atoms with van der Waals surface area (Å²) in [7, 11) is -3.36. The van der Waals surface area contributed by atoms with Crippen molar-refractivity contribution in [3.8, 4) is 0 Å². The second kappa shape index (κ2) is 5.27. The molecule has 1 fully saturated rings. The minimum atomic E-state index is -3.36. The summed E-state index contributed by atoms with van der Waals surface area (Å²) in [5, 5.41) is 0. The Kier molecular flexibility index (Phi) is 4.54. The maximum absolute atomic E-state index is 11.6. The van der Waals surface area contributed by atoms with Crippen molar-refractivity contribution in [3.05, 3.63) is 0 Å². The fourth-order valence-corrected chi connectivity index (χ4v) is 3.51. The summed E-state index contributed by atoms with van der Waals surface area (Å²) < 4.78 is 29.1. The molecule has 1 rings (SSSR count). The van der Waals surface area contributed by atoms with Crippen molar-refractivity contribution in [2.45, 2.75) is 25.8 Å². The van der Waals surface area contributed by atoms with Gasteiger partial charge in [-0.2, -0.15) is 4.31 Å². The number of rotatable bonds is 4. The van der Waals surface area contributed by atoms with E-state index in [4.69, 9.17) is 4.74 Å². The van der Waals surface area contributed by atoms with Gasteiger partial charge in [-0.3, -0.25) is 4.79 Å². The van der Waals surface area contributed by atoms with Gasteiger partial charge in [0, 0.05) is 6.54 Å². The van der Waals surface area contributed by atoms with E-state index in [1.54, 1.807) is 6.92 Å². The van der Waals surface area contributed by atoms with Crippen molar-refractivity contribution in [1.82, 2.24) is 4.31 Å². The second-order valence-corrected chi connectivity index (χ2v) is 6.47. The zero-order valence-corrected chi connectivity index (χ0v) is 10.9. The highest BCUT2D eigenvalue weighted by atomic mass is 79.9. The van der Waals surface area contributed by atoms with Gasteiger partial charge in [0.15, 0.2) is 0 Å². The molecular weight excluding hydrogens is 286 g/mol. The van der Waals surface area contributed by atoms with Crippen LogP contribution in [0.25, 0.3) is 0 Å². The van der Waals surface area contributed by atoms with Crippen LogP contribution >= 0.6 is 15.9 Å². The van der Waals surface area contributed by atoms with E-state index in [-0.39, 0.29) is 11.3 Å². The number of esters is 1. The van der Waals surface area contributed by atoms with Gasteiger partial charge < -0.3 is 4.74 Å². The van der Waals surface area contributed by atoms with Crippen LogP contribution in [0.4, 0.5) is 0 Å². The number of carbonyl (C=O) groups excluding carboxylic acids is 1. The molecule has 0 radical (unpaired) electrons. The van der Waals surface area contributed by atoms with Gasteiger partial charge in [0.1, 0.15) is 10.7 Å². The summed E-state index contributed by atoms with van der Waals surface area (Å²) in [5.41, 5.74) is 0. The highest BCUT2D eigenvalue weighted by molar-refractivity contribution is 9.10. The van der Waals surface area contributed by atoms with Gasteiger partial charge in [-0.25, -0.2) is 8.42 Å². The molecule has 88 valence electrons. The van der Waals surface area contributed by atoms with E-state index in [0.29, 0.717) is 19.4 Å². The third-order valence-electron chi connectivity index (χ3n) is 2.26. The monoisotopic (exact) mass is 299 g/mol. The number of carbonyl (C=O) groups is 1. The average molecular weight is 300 g/mol. The molecule has 1 atom stereocenters. The summed E-state index contributed by atoms with van der Waals surface area (Å²) >= 11 is 2.91. The Bertz CT molecular complexity index is 330. The number of halogens is 1. The second-order valence-electron chi connectivity index (χ2n) is 3.24. The summed E-state index contributed by atoms with van der Waals surface area (Å²) in [6.07, 6.45) is 1.25. The predicted molar refractivity (Wildman–Crippen MR) is 59.1 cm³/mol. The Hall–Kier alpha value is -0.140. The Balaban J connectivity index is 2.78. The molecule has 5 nitrogen and oxygen atoms in total. The van der Waals surface area contributed by atoms with Crippen LogP contribution in [0.15, 0.2) is 0 Å². The van der Waals surface area contributed by atoms with Crippen molar-refractivity contribution in [3.63, 3.8) is 0 Å². The van der Waals surface area contributed by atoms with E-state index in [0.717, 1.165) is 0 Å². The summed E-state index contributed by atoms with van der Waals surface area (Å²) in [4.78, 5) is 11.5. The fourth-order valence-electron chi connectivity index (χ4n) is 1.61. The minimum Gasteiger partial charge on any atom is -0.465 e. The summed E-state index contributed by atoms with van der Waals surface area (Å²) in [6, 6.07) is -0.632. The maximum Gasteiger partial charge on any atom is 0.324 e. The van der Waals surface area contributed by atoms with Crippen LogP contribution in [0, 0.1) is 0 Å². The summed E-state index contributed by atoms with van der Waals surface area (Å²) in [6.45, 7) is 2.38. The lowest BCUT2D eigenvalue weighted by molar-refractivity contribution is -0.146. The first kappa shape index (κ1) is 12.9. The normalized spacial score (nSPS) is 22.9. The molecule has 1 aliphatic rings. The molecule has 1 aliphatic heterocycles. The van der Waals surface area contributed by atoms with Gasteiger partial charge in [0.2, 0.25) is 10.0 Å². The number of nitrogens with zero attached hydrogens (tertiary/aromatic N) is 1. The van der Waals surface area contributed by atoms with Gasteiger partial charge in [0.25, 0.3) is 0 Å². The lowest BCUT2D eigenvalue weighted by Gasteiger charge is -2.21. The van der Waals surface area contributed by atoms with Crippen molar-refractivity contribution >= 4 is 31.9 Å². The Morgan fingerprint density at radius 2 is 2.27 bits per heavy atom. The van der Waals surface area contributed by atoms with Gasteiger partial charge in [-0.15, -0.1) is 0 Å². The molecule has 0 bridgehead atoms. The molecule has 1 saturated heterocycles. The number of hydrogen-bond acceptors (Lipinski definition) is 4. The largest absolute Gasteiger partial charge is 0.465 e. The van der Waals surface area contributed by atoms with E-state index in [1.807, 2.05) is 0 Å². The number of alkyl halides is 1. The highest BCUT2D eigenvalue weighted by Crippen LogP contribution is 2.23. The third kappa shape index (κ3) is 2.92. The highest BCUT2D eigenvalue weighted by Gasteiger charge is 2.38. The van der Waals surface area contributed by atoms with Crippen molar-refractivity contribution < 1.29 is 17.9 Å². The van der Waals surface area contributed by atoms with Crippen molar-refractivity contribution in [2.24, 2.45) is 0 Å². The zero-order chi connectivity index (χ0) is 11.5. The lowest BCUT2D eigenvalue weighted by Crippen LogP contribution is -2.41. The van der Waals surface area contributed by atoms with E-state index >= 15 is 0 Å². The van der Waals surface area contributed by atoms with E-state index in [9.17, 15) is 13.2 Å². The van der Waals surface area contributed by atoms with E-state index in [1.165, 1.54) is 4.31 Å². The fraction of sp³-hybridized carbons (Fsp3) is 0.875. The van der Waals surface area contributed by atoms with Crippen LogP contribution in [0.5, 0.6) is 0 Å². The molecule has 7 heteroatoms. The first-order valence-corrected chi connectivity index (χ1v) is 7.48. The average Bonchev–Trinajstić information content (AvgIpc) is 2.67. The van der Waals surface area contributed by atoms with E-state index in [2.05, 4.69) is 15.9 Å². The quantitative estimate of drug-likeness (QED) is 0.566. The van der Waals surface area contributed by atoms with Gasteiger partial charge in [0.05, 0.1) is 6.61 Å². The van der Waals surface area contributed by atoms with Crippen molar-refractivity contribution in [2.75, 3.05) is 17.8 Å². The zero-order valence-electron chi connectivity index (χ0n) is 8.48. The van der Waals surface area contributed by atoms with E-state index < -0.39 is 22.0 Å². The SMILES string of the molecule is CCOC(=O)C1CCCN1S(=O)(=O)CBr. The van der Waals surface area contributed by atoms with Crippen LogP contribution in [0.1, 0.15) is 19.8 Å². The number of sulfonamides is 1. The standard InChI is InChI=1S/C8H14BrNO4S/c1-2-14-8(11)7-4-3-5-10(7)15(12,13)6-9/h7H,2-6H2,1H3. The van der Waals surface area contributed by atoms with Crippen molar-refractivity contribution in [1.29, 1.82) is 0 Å². The Morgan fingerprint density at radius 3 is 2.80 bits per heavy atom. The molecule has 0 N–H and O–H groups in total.